The molecule has 2 aromatic heterocycles. The van der Waals surface area contributed by atoms with Gasteiger partial charge in [-0.15, -0.1) is 0 Å². The van der Waals surface area contributed by atoms with Gasteiger partial charge in [0.25, 0.3) is 10.0 Å². The van der Waals surface area contributed by atoms with Crippen LogP contribution in [0.1, 0.15) is 18.1 Å². The van der Waals surface area contributed by atoms with Crippen LogP contribution in [0.25, 0.3) is 16.9 Å². The fourth-order valence-corrected chi connectivity index (χ4v) is 4.43. The highest BCUT2D eigenvalue weighted by molar-refractivity contribution is 7.92. The second-order valence-corrected chi connectivity index (χ2v) is 9.07. The molecule has 0 aliphatic carbocycles. The molecular formula is C23H22N4O3S. The number of rotatable bonds is 5. The van der Waals surface area contributed by atoms with Gasteiger partial charge in [0.05, 0.1) is 16.3 Å². The maximum atomic E-state index is 12.9. The van der Waals surface area contributed by atoms with Crippen molar-refractivity contribution in [2.75, 3.05) is 10.0 Å². The highest BCUT2D eigenvalue weighted by atomic mass is 32.2. The molecule has 7 nitrogen and oxygen atoms in total. The molecule has 1 amide bonds. The van der Waals surface area contributed by atoms with Crippen molar-refractivity contribution >= 4 is 33.0 Å². The summed E-state index contributed by atoms with van der Waals surface area (Å²) >= 11 is 0. The van der Waals surface area contributed by atoms with Gasteiger partial charge >= 0.3 is 0 Å². The lowest BCUT2D eigenvalue weighted by Gasteiger charge is -2.12. The molecule has 0 unspecified atom stereocenters. The lowest BCUT2D eigenvalue weighted by Crippen LogP contribution is -2.14. The first-order chi connectivity index (χ1) is 14.7. The van der Waals surface area contributed by atoms with E-state index in [1.54, 1.807) is 18.2 Å². The Kier molecular flexibility index (Phi) is 5.24. The summed E-state index contributed by atoms with van der Waals surface area (Å²) in [6.45, 7) is 5.24. The molecule has 0 aliphatic rings. The van der Waals surface area contributed by atoms with Crippen molar-refractivity contribution in [3.63, 3.8) is 0 Å². The third-order valence-corrected chi connectivity index (χ3v) is 6.32. The van der Waals surface area contributed by atoms with Crippen LogP contribution in [0.15, 0.2) is 71.9 Å². The van der Waals surface area contributed by atoms with Crippen molar-refractivity contribution in [1.29, 1.82) is 0 Å². The Hall–Kier alpha value is -3.65. The normalized spacial score (nSPS) is 11.5. The minimum Gasteiger partial charge on any atom is -0.326 e. The van der Waals surface area contributed by atoms with Gasteiger partial charge in [-0.05, 0) is 61.4 Å². The van der Waals surface area contributed by atoms with E-state index in [9.17, 15) is 13.2 Å². The highest BCUT2D eigenvalue weighted by Crippen LogP contribution is 2.28. The van der Waals surface area contributed by atoms with Gasteiger partial charge in [-0.3, -0.25) is 9.52 Å². The van der Waals surface area contributed by atoms with E-state index in [-0.39, 0.29) is 10.8 Å². The van der Waals surface area contributed by atoms with Crippen LogP contribution >= 0.6 is 0 Å². The van der Waals surface area contributed by atoms with Crippen LogP contribution in [0.2, 0.25) is 0 Å². The molecule has 0 fully saturated rings. The molecule has 4 rings (SSSR count). The molecule has 2 N–H and O–H groups in total. The maximum absolute atomic E-state index is 12.9. The quantitative estimate of drug-likeness (QED) is 0.488. The number of nitrogens with zero attached hydrogens (tertiary/aromatic N) is 2. The van der Waals surface area contributed by atoms with Crippen LogP contribution in [0, 0.1) is 13.8 Å². The van der Waals surface area contributed by atoms with Crippen LogP contribution in [-0.4, -0.2) is 23.7 Å². The van der Waals surface area contributed by atoms with Crippen LogP contribution in [0.5, 0.6) is 0 Å². The van der Waals surface area contributed by atoms with E-state index >= 15 is 0 Å². The van der Waals surface area contributed by atoms with Gasteiger partial charge in [-0.1, -0.05) is 18.2 Å². The first-order valence-corrected chi connectivity index (χ1v) is 11.2. The standard InChI is InChI=1S/C23H22N4O3S/c1-15-6-7-18(22-14-27-12-4-5-16(2)23(27)25-22)13-21(15)26-31(29,30)20-10-8-19(9-11-20)24-17(3)28/h4-14,26H,1-3H3,(H,24,28). The summed E-state index contributed by atoms with van der Waals surface area (Å²) in [5.41, 5.74) is 5.30. The van der Waals surface area contributed by atoms with Gasteiger partial charge in [0.1, 0.15) is 5.65 Å². The topological polar surface area (TPSA) is 92.6 Å². The molecule has 0 radical (unpaired) electrons. The fourth-order valence-electron chi connectivity index (χ4n) is 3.31. The van der Waals surface area contributed by atoms with E-state index in [1.165, 1.54) is 19.1 Å². The number of carbonyl (C=O) groups excluding carboxylic acids is 1. The highest BCUT2D eigenvalue weighted by Gasteiger charge is 2.16. The number of hydrogen-bond acceptors (Lipinski definition) is 4. The van der Waals surface area contributed by atoms with Gasteiger partial charge in [-0.25, -0.2) is 13.4 Å². The number of carbonyl (C=O) groups is 1. The predicted octanol–water partition coefficient (Wildman–Crippen LogP) is 4.38. The zero-order valence-corrected chi connectivity index (χ0v) is 18.2. The molecular weight excluding hydrogens is 412 g/mol. The van der Waals surface area contributed by atoms with Gasteiger partial charge in [-0.2, -0.15) is 0 Å². The summed E-state index contributed by atoms with van der Waals surface area (Å²) in [5, 5.41) is 2.62. The predicted molar refractivity (Wildman–Crippen MR) is 122 cm³/mol. The average Bonchev–Trinajstić information content (AvgIpc) is 3.15. The number of anilines is 2. The zero-order chi connectivity index (χ0) is 22.2. The van der Waals surface area contributed by atoms with Crippen molar-refractivity contribution in [2.24, 2.45) is 0 Å². The third kappa shape index (κ3) is 4.29. The van der Waals surface area contributed by atoms with Crippen LogP contribution in [0.4, 0.5) is 11.4 Å². The molecule has 0 saturated carbocycles. The van der Waals surface area contributed by atoms with Crippen LogP contribution < -0.4 is 10.0 Å². The number of hydrogen-bond donors (Lipinski definition) is 2. The van der Waals surface area contributed by atoms with E-state index < -0.39 is 10.0 Å². The first-order valence-electron chi connectivity index (χ1n) is 9.69. The number of benzene rings is 2. The Morgan fingerprint density at radius 2 is 1.74 bits per heavy atom. The number of sulfonamides is 1. The minimum absolute atomic E-state index is 0.106. The van der Waals surface area contributed by atoms with E-state index in [4.69, 9.17) is 4.98 Å². The number of aryl methyl sites for hydroxylation is 2. The molecule has 2 heterocycles. The molecule has 0 atom stereocenters. The third-order valence-electron chi connectivity index (χ3n) is 4.94. The molecule has 0 bridgehead atoms. The number of nitrogens with one attached hydrogen (secondary N) is 2. The van der Waals surface area contributed by atoms with Crippen molar-refractivity contribution in [2.45, 2.75) is 25.7 Å². The number of imidazole rings is 1. The van der Waals surface area contributed by atoms with Gasteiger partial charge in [0.2, 0.25) is 5.91 Å². The molecule has 158 valence electrons. The van der Waals surface area contributed by atoms with Gasteiger partial charge in [0.15, 0.2) is 0 Å². The second-order valence-electron chi connectivity index (χ2n) is 7.39. The summed E-state index contributed by atoms with van der Waals surface area (Å²) < 4.78 is 30.4. The van der Waals surface area contributed by atoms with Crippen molar-refractivity contribution in [1.82, 2.24) is 9.38 Å². The Bertz CT molecular complexity index is 1390. The van der Waals surface area contributed by atoms with Crippen molar-refractivity contribution in [3.05, 3.63) is 78.1 Å². The molecule has 8 heteroatoms. The Balaban J connectivity index is 1.65. The molecule has 2 aromatic carbocycles. The summed E-state index contributed by atoms with van der Waals surface area (Å²) in [4.78, 5) is 15.9. The monoisotopic (exact) mass is 434 g/mol. The number of pyridine rings is 1. The largest absolute Gasteiger partial charge is 0.326 e. The van der Waals surface area contributed by atoms with Crippen molar-refractivity contribution < 1.29 is 13.2 Å². The SMILES string of the molecule is CC(=O)Nc1ccc(S(=O)(=O)Nc2cc(-c3cn4cccc(C)c4n3)ccc2C)cc1. The minimum atomic E-state index is -3.80. The second kappa shape index (κ2) is 7.88. The summed E-state index contributed by atoms with van der Waals surface area (Å²) in [7, 11) is -3.80. The molecule has 31 heavy (non-hydrogen) atoms. The number of amides is 1. The van der Waals surface area contributed by atoms with Crippen LogP contribution in [-0.2, 0) is 14.8 Å². The Labute approximate surface area is 180 Å². The Morgan fingerprint density at radius 1 is 1.00 bits per heavy atom. The van der Waals surface area contributed by atoms with Crippen molar-refractivity contribution in [3.8, 4) is 11.3 Å². The lowest BCUT2D eigenvalue weighted by molar-refractivity contribution is -0.114. The Morgan fingerprint density at radius 3 is 2.42 bits per heavy atom. The molecule has 0 spiro atoms. The summed E-state index contributed by atoms with van der Waals surface area (Å²) in [6.07, 6.45) is 3.85. The van der Waals surface area contributed by atoms with E-state index in [0.717, 1.165) is 28.0 Å². The van der Waals surface area contributed by atoms with Crippen LogP contribution in [0.3, 0.4) is 0 Å². The first kappa shape index (κ1) is 20.6. The number of aromatic nitrogens is 2. The van der Waals surface area contributed by atoms with E-state index in [1.807, 2.05) is 54.9 Å². The van der Waals surface area contributed by atoms with Gasteiger partial charge < -0.3 is 9.72 Å². The molecule has 4 aromatic rings. The van der Waals surface area contributed by atoms with E-state index in [2.05, 4.69) is 10.0 Å². The maximum Gasteiger partial charge on any atom is 0.261 e. The fraction of sp³-hybridized carbons (Fsp3) is 0.130. The zero-order valence-electron chi connectivity index (χ0n) is 17.4. The van der Waals surface area contributed by atoms with E-state index in [0.29, 0.717) is 11.4 Å². The van der Waals surface area contributed by atoms with Gasteiger partial charge in [0, 0.05) is 30.6 Å². The summed E-state index contributed by atoms with van der Waals surface area (Å²) in [5.74, 6) is -0.219. The molecule has 0 saturated heterocycles. The molecule has 0 aliphatic heterocycles. The summed E-state index contributed by atoms with van der Waals surface area (Å²) in [6, 6.07) is 15.6. The lowest BCUT2D eigenvalue weighted by atomic mass is 10.1. The average molecular weight is 435 g/mol. The smallest absolute Gasteiger partial charge is 0.261 e. The number of fused-ring (bicyclic) bond motifs is 1.